The van der Waals surface area contributed by atoms with Crippen LogP contribution in [0.2, 0.25) is 5.02 Å². The van der Waals surface area contributed by atoms with E-state index in [1.165, 1.54) is 0 Å². The van der Waals surface area contributed by atoms with Gasteiger partial charge in [0.15, 0.2) is 0 Å². The second-order valence-corrected chi connectivity index (χ2v) is 4.12. The minimum absolute atomic E-state index is 0.629. The molecule has 0 radical (unpaired) electrons. The standard InChI is InChI=1S/C11H15ClN4O/c1-3-16-10(11(12)8(2)15-16)7-13-6-9-4-5-14-17-9/h4-5,13H,3,6-7H2,1-2H3. The van der Waals surface area contributed by atoms with Gasteiger partial charge in [0.25, 0.3) is 0 Å². The highest BCUT2D eigenvalue weighted by molar-refractivity contribution is 6.31. The van der Waals surface area contributed by atoms with Crippen molar-refractivity contribution in [3.8, 4) is 0 Å². The molecule has 0 saturated heterocycles. The average Bonchev–Trinajstić information content (AvgIpc) is 2.92. The average molecular weight is 255 g/mol. The summed E-state index contributed by atoms with van der Waals surface area (Å²) < 4.78 is 6.90. The second kappa shape index (κ2) is 5.33. The Morgan fingerprint density at radius 2 is 2.29 bits per heavy atom. The van der Waals surface area contributed by atoms with Gasteiger partial charge in [-0.3, -0.25) is 4.68 Å². The van der Waals surface area contributed by atoms with Crippen molar-refractivity contribution < 1.29 is 4.52 Å². The molecule has 2 aromatic rings. The maximum atomic E-state index is 6.19. The molecule has 92 valence electrons. The molecule has 0 aliphatic heterocycles. The van der Waals surface area contributed by atoms with E-state index in [0.717, 1.165) is 28.7 Å². The van der Waals surface area contributed by atoms with Crippen LogP contribution in [-0.2, 0) is 19.6 Å². The summed E-state index contributed by atoms with van der Waals surface area (Å²) in [4.78, 5) is 0. The molecule has 2 heterocycles. The molecule has 0 aliphatic rings. The van der Waals surface area contributed by atoms with E-state index in [1.807, 2.05) is 24.6 Å². The first-order chi connectivity index (χ1) is 8.22. The van der Waals surface area contributed by atoms with Crippen LogP contribution in [0.25, 0.3) is 0 Å². The van der Waals surface area contributed by atoms with Crippen LogP contribution in [0.15, 0.2) is 16.8 Å². The van der Waals surface area contributed by atoms with E-state index >= 15 is 0 Å². The number of nitrogens with one attached hydrogen (secondary N) is 1. The SMILES string of the molecule is CCn1nc(C)c(Cl)c1CNCc1ccno1. The molecule has 0 saturated carbocycles. The molecule has 0 atom stereocenters. The van der Waals surface area contributed by atoms with Crippen LogP contribution in [0.5, 0.6) is 0 Å². The van der Waals surface area contributed by atoms with Crippen molar-refractivity contribution in [3.63, 3.8) is 0 Å². The molecule has 17 heavy (non-hydrogen) atoms. The third kappa shape index (κ3) is 2.68. The first kappa shape index (κ1) is 12.1. The summed E-state index contributed by atoms with van der Waals surface area (Å²) >= 11 is 6.19. The zero-order valence-electron chi connectivity index (χ0n) is 9.90. The van der Waals surface area contributed by atoms with Crippen molar-refractivity contribution in [2.75, 3.05) is 0 Å². The van der Waals surface area contributed by atoms with Crippen molar-refractivity contribution in [1.29, 1.82) is 0 Å². The molecule has 5 nitrogen and oxygen atoms in total. The molecular weight excluding hydrogens is 240 g/mol. The van der Waals surface area contributed by atoms with Crippen LogP contribution in [0.1, 0.15) is 24.1 Å². The summed E-state index contributed by atoms with van der Waals surface area (Å²) in [5.74, 6) is 0.806. The molecule has 0 aromatic carbocycles. The lowest BCUT2D eigenvalue weighted by Crippen LogP contribution is -2.16. The van der Waals surface area contributed by atoms with Gasteiger partial charge < -0.3 is 9.84 Å². The van der Waals surface area contributed by atoms with Crippen LogP contribution < -0.4 is 5.32 Å². The first-order valence-corrected chi connectivity index (χ1v) is 5.92. The van der Waals surface area contributed by atoms with Gasteiger partial charge in [-0.15, -0.1) is 0 Å². The van der Waals surface area contributed by atoms with Crippen LogP contribution in [0.3, 0.4) is 0 Å². The molecule has 0 spiro atoms. The summed E-state index contributed by atoms with van der Waals surface area (Å²) in [6, 6.07) is 1.83. The van der Waals surface area contributed by atoms with E-state index in [0.29, 0.717) is 13.1 Å². The summed E-state index contributed by atoms with van der Waals surface area (Å²) in [6.07, 6.45) is 1.63. The fourth-order valence-corrected chi connectivity index (χ4v) is 1.88. The molecule has 0 aliphatic carbocycles. The van der Waals surface area contributed by atoms with Gasteiger partial charge >= 0.3 is 0 Å². The Morgan fingerprint density at radius 1 is 1.47 bits per heavy atom. The Labute approximate surface area is 105 Å². The Kier molecular flexibility index (Phi) is 3.81. The first-order valence-electron chi connectivity index (χ1n) is 5.54. The molecule has 2 rings (SSSR count). The maximum absolute atomic E-state index is 6.19. The molecular formula is C11H15ClN4O. The van der Waals surface area contributed by atoms with E-state index in [-0.39, 0.29) is 0 Å². The van der Waals surface area contributed by atoms with E-state index < -0.39 is 0 Å². The number of halogens is 1. The molecule has 0 bridgehead atoms. The van der Waals surface area contributed by atoms with Crippen molar-refractivity contribution in [3.05, 3.63) is 34.4 Å². The molecule has 2 aromatic heterocycles. The fourth-order valence-electron chi connectivity index (χ4n) is 1.68. The highest BCUT2D eigenvalue weighted by Crippen LogP contribution is 2.19. The lowest BCUT2D eigenvalue weighted by Gasteiger charge is -2.05. The van der Waals surface area contributed by atoms with Gasteiger partial charge in [0.2, 0.25) is 0 Å². The van der Waals surface area contributed by atoms with E-state index in [2.05, 4.69) is 15.6 Å². The van der Waals surface area contributed by atoms with Gasteiger partial charge in [-0.25, -0.2) is 0 Å². The summed E-state index contributed by atoms with van der Waals surface area (Å²) in [6.45, 7) is 6.06. The maximum Gasteiger partial charge on any atom is 0.150 e. The predicted octanol–water partition coefficient (Wildman–Crippen LogP) is 2.14. The molecule has 0 amide bonds. The van der Waals surface area contributed by atoms with Gasteiger partial charge in [0, 0.05) is 19.2 Å². The van der Waals surface area contributed by atoms with Crippen molar-refractivity contribution in [2.45, 2.75) is 33.5 Å². The highest BCUT2D eigenvalue weighted by Gasteiger charge is 2.11. The Bertz CT molecular complexity index is 478. The Morgan fingerprint density at radius 3 is 2.94 bits per heavy atom. The summed E-state index contributed by atoms with van der Waals surface area (Å²) in [5.41, 5.74) is 1.87. The summed E-state index contributed by atoms with van der Waals surface area (Å²) in [7, 11) is 0. The van der Waals surface area contributed by atoms with Gasteiger partial charge in [-0.05, 0) is 13.8 Å². The van der Waals surface area contributed by atoms with Crippen molar-refractivity contribution in [1.82, 2.24) is 20.3 Å². The number of hydrogen-bond donors (Lipinski definition) is 1. The van der Waals surface area contributed by atoms with E-state index in [1.54, 1.807) is 6.20 Å². The third-order valence-corrected chi connectivity index (χ3v) is 3.03. The Hall–Kier alpha value is -1.33. The van der Waals surface area contributed by atoms with Crippen LogP contribution in [-0.4, -0.2) is 14.9 Å². The number of aromatic nitrogens is 3. The topological polar surface area (TPSA) is 55.9 Å². The van der Waals surface area contributed by atoms with Gasteiger partial charge in [0.05, 0.1) is 29.2 Å². The van der Waals surface area contributed by atoms with Crippen molar-refractivity contribution in [2.24, 2.45) is 0 Å². The molecule has 0 unspecified atom stereocenters. The zero-order chi connectivity index (χ0) is 12.3. The smallest absolute Gasteiger partial charge is 0.150 e. The van der Waals surface area contributed by atoms with E-state index in [9.17, 15) is 0 Å². The highest BCUT2D eigenvalue weighted by atomic mass is 35.5. The second-order valence-electron chi connectivity index (χ2n) is 3.74. The zero-order valence-corrected chi connectivity index (χ0v) is 10.7. The predicted molar refractivity (Wildman–Crippen MR) is 64.7 cm³/mol. The molecule has 0 fully saturated rings. The lowest BCUT2D eigenvalue weighted by molar-refractivity contribution is 0.371. The third-order valence-electron chi connectivity index (χ3n) is 2.54. The van der Waals surface area contributed by atoms with E-state index in [4.69, 9.17) is 16.1 Å². The number of rotatable bonds is 5. The lowest BCUT2D eigenvalue weighted by atomic mass is 10.3. The van der Waals surface area contributed by atoms with Crippen LogP contribution >= 0.6 is 11.6 Å². The monoisotopic (exact) mass is 254 g/mol. The van der Waals surface area contributed by atoms with Crippen LogP contribution in [0, 0.1) is 6.92 Å². The number of hydrogen-bond acceptors (Lipinski definition) is 4. The normalized spacial score (nSPS) is 11.0. The molecule has 1 N–H and O–H groups in total. The fraction of sp³-hybridized carbons (Fsp3) is 0.455. The number of nitrogens with zero attached hydrogens (tertiary/aromatic N) is 3. The van der Waals surface area contributed by atoms with Crippen LogP contribution in [0.4, 0.5) is 0 Å². The minimum Gasteiger partial charge on any atom is -0.360 e. The van der Waals surface area contributed by atoms with Gasteiger partial charge in [-0.2, -0.15) is 5.10 Å². The number of aryl methyl sites for hydroxylation is 2. The summed E-state index contributed by atoms with van der Waals surface area (Å²) in [5, 5.41) is 12.0. The quantitative estimate of drug-likeness (QED) is 0.888. The minimum atomic E-state index is 0.629. The van der Waals surface area contributed by atoms with Crippen molar-refractivity contribution >= 4 is 11.6 Å². The Balaban J connectivity index is 1.98. The van der Waals surface area contributed by atoms with Gasteiger partial charge in [-0.1, -0.05) is 16.8 Å². The molecule has 6 heteroatoms. The van der Waals surface area contributed by atoms with Gasteiger partial charge in [0.1, 0.15) is 5.76 Å². The largest absolute Gasteiger partial charge is 0.360 e.